The molecular formula is C24H24FN7O2. The van der Waals surface area contributed by atoms with Crippen molar-refractivity contribution in [2.24, 2.45) is 7.05 Å². The second-order valence-corrected chi connectivity index (χ2v) is 8.37. The highest BCUT2D eigenvalue weighted by molar-refractivity contribution is 5.62. The van der Waals surface area contributed by atoms with Crippen molar-refractivity contribution >= 4 is 11.6 Å². The van der Waals surface area contributed by atoms with E-state index in [1.807, 2.05) is 24.3 Å². The lowest BCUT2D eigenvalue weighted by atomic mass is 10.1. The van der Waals surface area contributed by atoms with Gasteiger partial charge in [0, 0.05) is 68.7 Å². The van der Waals surface area contributed by atoms with Gasteiger partial charge in [-0.15, -0.1) is 0 Å². The topological polar surface area (TPSA) is 93.2 Å². The van der Waals surface area contributed by atoms with Crippen LogP contribution in [0.1, 0.15) is 12.8 Å². The third-order valence-electron chi connectivity index (χ3n) is 6.06. The fourth-order valence-electron chi connectivity index (χ4n) is 4.23. The number of aryl methyl sites for hydroxylation is 1. The smallest absolute Gasteiger partial charge is 0.255 e. The average molecular weight is 462 g/mol. The number of pyridine rings is 1. The van der Waals surface area contributed by atoms with Gasteiger partial charge in [0.15, 0.2) is 5.82 Å². The lowest BCUT2D eigenvalue weighted by Crippen LogP contribution is -2.53. The second-order valence-electron chi connectivity index (χ2n) is 8.37. The summed E-state index contributed by atoms with van der Waals surface area (Å²) < 4.78 is 20.9. The average Bonchev–Trinajstić information content (AvgIpc) is 3.28. The quantitative estimate of drug-likeness (QED) is 0.458. The van der Waals surface area contributed by atoms with Crippen LogP contribution in [0.15, 0.2) is 58.1 Å². The molecule has 1 fully saturated rings. The number of benzene rings is 1. The fraction of sp³-hybridized carbons (Fsp3) is 0.292. The van der Waals surface area contributed by atoms with E-state index in [0.29, 0.717) is 29.9 Å². The molecule has 1 atom stereocenters. The van der Waals surface area contributed by atoms with Crippen LogP contribution in [-0.4, -0.2) is 50.4 Å². The molecule has 1 aliphatic heterocycles. The highest BCUT2D eigenvalue weighted by Crippen LogP contribution is 2.26. The van der Waals surface area contributed by atoms with Crippen LogP contribution in [0, 0.1) is 12.7 Å². The molecule has 0 bridgehead atoms. The van der Waals surface area contributed by atoms with Crippen LogP contribution < -0.4 is 15.4 Å². The van der Waals surface area contributed by atoms with Crippen molar-refractivity contribution in [1.82, 2.24) is 24.7 Å². The molecule has 0 saturated carbocycles. The molecular weight excluding hydrogens is 437 g/mol. The number of piperazine rings is 1. The zero-order valence-electron chi connectivity index (χ0n) is 19.1. The molecule has 10 heteroatoms. The number of aromatic nitrogens is 5. The van der Waals surface area contributed by atoms with E-state index in [9.17, 15) is 9.18 Å². The Kier molecular flexibility index (Phi) is 5.56. The van der Waals surface area contributed by atoms with Crippen LogP contribution >= 0.6 is 0 Å². The van der Waals surface area contributed by atoms with Crippen LogP contribution in [0.3, 0.4) is 0 Å². The van der Waals surface area contributed by atoms with E-state index in [1.165, 1.54) is 22.9 Å². The second kappa shape index (κ2) is 8.69. The first-order chi connectivity index (χ1) is 16.4. The Balaban J connectivity index is 1.37. The standard InChI is InChI=1S/C24H24FN7O2/c1-15-14-31(18-6-4-17(5-7-18)23-27-16(2)34-29-23)10-11-32(15)24-28-21(12-22(33)30(24)3)19-8-9-26-13-20(19)25/h4-9,12-13,15H,10-11,14H2,1-3H3/t15-/m1/s1. The summed E-state index contributed by atoms with van der Waals surface area (Å²) in [5.74, 6) is 1.11. The minimum absolute atomic E-state index is 0.0731. The number of nitrogens with zero attached hydrogens (tertiary/aromatic N) is 7. The molecule has 34 heavy (non-hydrogen) atoms. The summed E-state index contributed by atoms with van der Waals surface area (Å²) in [5.41, 5.74) is 2.31. The summed E-state index contributed by atoms with van der Waals surface area (Å²) >= 11 is 0. The van der Waals surface area contributed by atoms with Crippen LogP contribution in [0.2, 0.25) is 0 Å². The normalized spacial score (nSPS) is 16.2. The molecule has 0 amide bonds. The molecule has 0 spiro atoms. The summed E-state index contributed by atoms with van der Waals surface area (Å²) in [7, 11) is 1.69. The predicted octanol–water partition coefficient (Wildman–Crippen LogP) is 3.05. The van der Waals surface area contributed by atoms with Gasteiger partial charge in [0.1, 0.15) is 0 Å². The summed E-state index contributed by atoms with van der Waals surface area (Å²) in [5, 5.41) is 3.97. The molecule has 5 rings (SSSR count). The van der Waals surface area contributed by atoms with E-state index in [1.54, 1.807) is 14.0 Å². The molecule has 4 heterocycles. The van der Waals surface area contributed by atoms with Crippen molar-refractivity contribution in [3.05, 3.63) is 70.9 Å². The van der Waals surface area contributed by atoms with Gasteiger partial charge in [-0.25, -0.2) is 9.37 Å². The monoisotopic (exact) mass is 461 g/mol. The molecule has 1 aromatic carbocycles. The lowest BCUT2D eigenvalue weighted by Gasteiger charge is -2.42. The zero-order valence-corrected chi connectivity index (χ0v) is 19.1. The van der Waals surface area contributed by atoms with Gasteiger partial charge in [0.05, 0.1) is 11.9 Å². The van der Waals surface area contributed by atoms with Gasteiger partial charge in [-0.3, -0.25) is 14.3 Å². The Labute approximate surface area is 195 Å². The summed E-state index contributed by atoms with van der Waals surface area (Å²) in [6.07, 6.45) is 2.62. The number of anilines is 2. The van der Waals surface area contributed by atoms with Crippen molar-refractivity contribution in [2.45, 2.75) is 19.9 Å². The number of hydrogen-bond donors (Lipinski definition) is 0. The van der Waals surface area contributed by atoms with Crippen LogP contribution in [-0.2, 0) is 7.05 Å². The maximum absolute atomic E-state index is 14.3. The van der Waals surface area contributed by atoms with Crippen molar-refractivity contribution < 1.29 is 8.91 Å². The largest absolute Gasteiger partial charge is 0.368 e. The highest BCUT2D eigenvalue weighted by atomic mass is 19.1. The molecule has 9 nitrogen and oxygen atoms in total. The summed E-state index contributed by atoms with van der Waals surface area (Å²) in [6.45, 7) is 6.00. The van der Waals surface area contributed by atoms with Crippen LogP contribution in [0.25, 0.3) is 22.6 Å². The molecule has 0 unspecified atom stereocenters. The van der Waals surface area contributed by atoms with Gasteiger partial charge in [0.2, 0.25) is 17.7 Å². The van der Waals surface area contributed by atoms with E-state index in [4.69, 9.17) is 4.52 Å². The predicted molar refractivity (Wildman–Crippen MR) is 126 cm³/mol. The number of hydrogen-bond acceptors (Lipinski definition) is 8. The molecule has 1 aliphatic rings. The molecule has 0 N–H and O–H groups in total. The third-order valence-corrected chi connectivity index (χ3v) is 6.06. The first kappa shape index (κ1) is 21.7. The van der Waals surface area contributed by atoms with Crippen molar-refractivity contribution in [1.29, 1.82) is 0 Å². The maximum Gasteiger partial charge on any atom is 0.255 e. The number of rotatable bonds is 4. The molecule has 3 aromatic heterocycles. The van der Waals surface area contributed by atoms with Crippen molar-refractivity contribution in [2.75, 3.05) is 29.4 Å². The Hall–Kier alpha value is -4.08. The Morgan fingerprint density at radius 2 is 1.91 bits per heavy atom. The minimum atomic E-state index is -0.508. The number of halogens is 1. The van der Waals surface area contributed by atoms with E-state index < -0.39 is 5.82 Å². The van der Waals surface area contributed by atoms with Gasteiger partial charge in [-0.1, -0.05) is 5.16 Å². The van der Waals surface area contributed by atoms with Gasteiger partial charge < -0.3 is 14.3 Å². The Morgan fingerprint density at radius 1 is 1.12 bits per heavy atom. The maximum atomic E-state index is 14.3. The van der Waals surface area contributed by atoms with Crippen LogP contribution in [0.5, 0.6) is 0 Å². The van der Waals surface area contributed by atoms with Gasteiger partial charge in [-0.2, -0.15) is 4.98 Å². The van der Waals surface area contributed by atoms with Gasteiger partial charge >= 0.3 is 0 Å². The molecule has 0 radical (unpaired) electrons. The fourth-order valence-corrected chi connectivity index (χ4v) is 4.23. The lowest BCUT2D eigenvalue weighted by molar-refractivity contribution is 0.394. The summed E-state index contributed by atoms with van der Waals surface area (Å²) in [6, 6.07) is 11.0. The van der Waals surface area contributed by atoms with Gasteiger partial charge in [-0.05, 0) is 37.3 Å². The first-order valence-corrected chi connectivity index (χ1v) is 11.0. The minimum Gasteiger partial charge on any atom is -0.368 e. The van der Waals surface area contributed by atoms with E-state index in [-0.39, 0.29) is 17.2 Å². The van der Waals surface area contributed by atoms with Gasteiger partial charge in [0.25, 0.3) is 5.56 Å². The van der Waals surface area contributed by atoms with Crippen molar-refractivity contribution in [3.63, 3.8) is 0 Å². The summed E-state index contributed by atoms with van der Waals surface area (Å²) in [4.78, 5) is 29.8. The highest BCUT2D eigenvalue weighted by Gasteiger charge is 2.27. The van der Waals surface area contributed by atoms with Crippen molar-refractivity contribution in [3.8, 4) is 22.6 Å². The van der Waals surface area contributed by atoms with E-state index in [2.05, 4.69) is 36.8 Å². The van der Waals surface area contributed by atoms with Crippen LogP contribution in [0.4, 0.5) is 16.0 Å². The third kappa shape index (κ3) is 4.02. The first-order valence-electron chi connectivity index (χ1n) is 11.0. The SMILES string of the molecule is Cc1nc(-c2ccc(N3CCN(c4nc(-c5ccncc5F)cc(=O)n4C)[C@H](C)C3)cc2)no1. The molecule has 174 valence electrons. The Bertz CT molecular complexity index is 1380. The zero-order chi connectivity index (χ0) is 23.8. The molecule has 0 aliphatic carbocycles. The Morgan fingerprint density at radius 3 is 2.59 bits per heavy atom. The molecule has 1 saturated heterocycles. The van der Waals surface area contributed by atoms with E-state index >= 15 is 0 Å². The van der Waals surface area contributed by atoms with E-state index in [0.717, 1.165) is 30.5 Å². The molecule has 4 aromatic rings.